The lowest BCUT2D eigenvalue weighted by atomic mass is 9.94. The largest absolute Gasteiger partial charge is 0.351 e. The van der Waals surface area contributed by atoms with E-state index in [1.165, 1.54) is 29.2 Å². The number of hydrogen-bond acceptors (Lipinski definition) is 2. The number of carbonyl (C=O) groups is 2. The molecule has 1 N–H and O–H groups in total. The summed E-state index contributed by atoms with van der Waals surface area (Å²) in [5.74, 6) is -1.38. The summed E-state index contributed by atoms with van der Waals surface area (Å²) in [5.41, 5.74) is 1.23. The van der Waals surface area contributed by atoms with Gasteiger partial charge < -0.3 is 10.2 Å². The second-order valence-electron chi connectivity index (χ2n) is 7.54. The number of alkyl halides is 1. The molecule has 2 aromatic rings. The van der Waals surface area contributed by atoms with Gasteiger partial charge in [-0.05, 0) is 42.2 Å². The Bertz CT molecular complexity index is 870. The quantitative estimate of drug-likeness (QED) is 0.586. The number of amides is 2. The van der Waals surface area contributed by atoms with Crippen molar-refractivity contribution in [1.29, 1.82) is 0 Å². The number of benzene rings is 2. The molecule has 0 heterocycles. The van der Waals surface area contributed by atoms with Gasteiger partial charge in [-0.25, -0.2) is 4.39 Å². The van der Waals surface area contributed by atoms with Crippen LogP contribution in [0.3, 0.4) is 0 Å². The predicted octanol–water partition coefficient (Wildman–Crippen LogP) is 5.24. The minimum Gasteiger partial charge on any atom is -0.351 e. The molecule has 30 heavy (non-hydrogen) atoms. The summed E-state index contributed by atoms with van der Waals surface area (Å²) in [6.07, 6.45) is 5.12. The minimum absolute atomic E-state index is 0.0717. The molecule has 0 saturated heterocycles. The van der Waals surface area contributed by atoms with Crippen molar-refractivity contribution in [3.63, 3.8) is 0 Å². The van der Waals surface area contributed by atoms with Gasteiger partial charge in [-0.2, -0.15) is 0 Å². The average Bonchev–Trinajstić information content (AvgIpc) is 2.76. The van der Waals surface area contributed by atoms with E-state index in [2.05, 4.69) is 5.32 Å². The summed E-state index contributed by atoms with van der Waals surface area (Å²) in [6.45, 7) is 0.116. The third-order valence-corrected chi connectivity index (χ3v) is 6.03. The standard InChI is InChI=1S/C23H25Cl2FN2O2/c24-14-21(29)28(15-17-6-4-5-9-20(17)25)22(16-10-12-18(26)13-11-16)23(30)27-19-7-2-1-3-8-19/h4-6,9-13,19,22H,1-3,7-8,14-15H2,(H,27,30)/t22-/m1/s1. The van der Waals surface area contributed by atoms with Crippen molar-refractivity contribution < 1.29 is 14.0 Å². The maximum absolute atomic E-state index is 13.5. The van der Waals surface area contributed by atoms with E-state index in [-0.39, 0.29) is 24.4 Å². The van der Waals surface area contributed by atoms with Gasteiger partial charge in [0.1, 0.15) is 17.7 Å². The SMILES string of the molecule is O=C(NC1CCCCC1)[C@@H](c1ccc(F)cc1)N(Cc1ccccc1Cl)C(=O)CCl. The molecule has 1 aliphatic carbocycles. The molecule has 1 atom stereocenters. The van der Waals surface area contributed by atoms with Gasteiger partial charge in [0.2, 0.25) is 11.8 Å². The molecule has 7 heteroatoms. The molecular weight excluding hydrogens is 426 g/mol. The number of rotatable bonds is 7. The Labute approximate surface area is 186 Å². The maximum atomic E-state index is 13.5. The summed E-state index contributed by atoms with van der Waals surface area (Å²) >= 11 is 12.2. The Balaban J connectivity index is 1.95. The number of hydrogen-bond donors (Lipinski definition) is 1. The summed E-state index contributed by atoms with van der Waals surface area (Å²) in [4.78, 5) is 27.6. The molecule has 0 aromatic heterocycles. The van der Waals surface area contributed by atoms with Crippen LogP contribution in [0.2, 0.25) is 5.02 Å². The van der Waals surface area contributed by atoms with Crippen molar-refractivity contribution in [2.45, 2.75) is 50.7 Å². The highest BCUT2D eigenvalue weighted by atomic mass is 35.5. The van der Waals surface area contributed by atoms with Crippen LogP contribution in [0, 0.1) is 5.82 Å². The van der Waals surface area contributed by atoms with Crippen LogP contribution in [0.5, 0.6) is 0 Å². The number of carbonyl (C=O) groups excluding carboxylic acids is 2. The lowest BCUT2D eigenvalue weighted by Gasteiger charge is -2.33. The van der Waals surface area contributed by atoms with Crippen LogP contribution in [-0.2, 0) is 16.1 Å². The zero-order chi connectivity index (χ0) is 21.5. The molecule has 1 aliphatic rings. The Morgan fingerprint density at radius 3 is 2.37 bits per heavy atom. The first-order valence-corrected chi connectivity index (χ1v) is 11.1. The van der Waals surface area contributed by atoms with E-state index in [0.717, 1.165) is 32.1 Å². The lowest BCUT2D eigenvalue weighted by Crippen LogP contribution is -2.47. The van der Waals surface area contributed by atoms with Gasteiger partial charge in [0.05, 0.1) is 0 Å². The van der Waals surface area contributed by atoms with Gasteiger partial charge in [-0.3, -0.25) is 9.59 Å². The molecule has 3 rings (SSSR count). The molecule has 0 spiro atoms. The second-order valence-corrected chi connectivity index (χ2v) is 8.22. The van der Waals surface area contributed by atoms with Crippen LogP contribution < -0.4 is 5.32 Å². The van der Waals surface area contributed by atoms with Crippen molar-refractivity contribution >= 4 is 35.0 Å². The predicted molar refractivity (Wildman–Crippen MR) is 117 cm³/mol. The third kappa shape index (κ3) is 5.73. The molecule has 2 amide bonds. The maximum Gasteiger partial charge on any atom is 0.247 e. The number of nitrogens with zero attached hydrogens (tertiary/aromatic N) is 1. The van der Waals surface area contributed by atoms with Crippen molar-refractivity contribution in [3.05, 3.63) is 70.5 Å². The molecular formula is C23H25Cl2FN2O2. The molecule has 1 fully saturated rings. The van der Waals surface area contributed by atoms with Gasteiger partial charge >= 0.3 is 0 Å². The van der Waals surface area contributed by atoms with Gasteiger partial charge in [-0.15, -0.1) is 11.6 Å². The summed E-state index contributed by atoms with van der Waals surface area (Å²) in [7, 11) is 0. The molecule has 4 nitrogen and oxygen atoms in total. The minimum atomic E-state index is -0.935. The van der Waals surface area contributed by atoms with Crippen LogP contribution in [0.4, 0.5) is 4.39 Å². The monoisotopic (exact) mass is 450 g/mol. The molecule has 0 unspecified atom stereocenters. The Morgan fingerprint density at radius 1 is 1.07 bits per heavy atom. The first-order chi connectivity index (χ1) is 14.5. The zero-order valence-corrected chi connectivity index (χ0v) is 18.1. The topological polar surface area (TPSA) is 49.4 Å². The summed E-state index contributed by atoms with van der Waals surface area (Å²) in [5, 5.41) is 3.59. The molecule has 1 saturated carbocycles. The van der Waals surface area contributed by atoms with Crippen molar-refractivity contribution in [1.82, 2.24) is 10.2 Å². The highest BCUT2D eigenvalue weighted by molar-refractivity contribution is 6.31. The Morgan fingerprint density at radius 2 is 1.73 bits per heavy atom. The fourth-order valence-electron chi connectivity index (χ4n) is 3.86. The molecule has 0 bridgehead atoms. The normalized spacial score (nSPS) is 15.4. The van der Waals surface area contributed by atoms with Crippen molar-refractivity contribution in [2.75, 3.05) is 5.88 Å². The van der Waals surface area contributed by atoms with Crippen LogP contribution >= 0.6 is 23.2 Å². The smallest absolute Gasteiger partial charge is 0.247 e. The summed E-state index contributed by atoms with van der Waals surface area (Å²) < 4.78 is 13.5. The fraction of sp³-hybridized carbons (Fsp3) is 0.391. The molecule has 0 radical (unpaired) electrons. The molecule has 2 aromatic carbocycles. The van der Waals surface area contributed by atoms with Crippen LogP contribution in [0.1, 0.15) is 49.3 Å². The number of nitrogens with one attached hydrogen (secondary N) is 1. The second kappa shape index (κ2) is 10.8. The fourth-order valence-corrected chi connectivity index (χ4v) is 4.20. The first-order valence-electron chi connectivity index (χ1n) is 10.1. The first kappa shape index (κ1) is 22.6. The highest BCUT2D eigenvalue weighted by Crippen LogP contribution is 2.28. The van der Waals surface area contributed by atoms with Gasteiger partial charge in [0, 0.05) is 17.6 Å². The van der Waals surface area contributed by atoms with E-state index in [1.807, 2.05) is 6.07 Å². The lowest BCUT2D eigenvalue weighted by molar-refractivity contribution is -0.140. The molecule has 0 aliphatic heterocycles. The van der Waals surface area contributed by atoms with E-state index >= 15 is 0 Å². The van der Waals surface area contributed by atoms with Gasteiger partial charge in [0.25, 0.3) is 0 Å². The third-order valence-electron chi connectivity index (χ3n) is 5.43. The van der Waals surface area contributed by atoms with Gasteiger partial charge in [0.15, 0.2) is 0 Å². The molecule has 160 valence electrons. The average molecular weight is 451 g/mol. The van der Waals surface area contributed by atoms with Crippen LogP contribution in [0.25, 0.3) is 0 Å². The van der Waals surface area contributed by atoms with Crippen molar-refractivity contribution in [3.8, 4) is 0 Å². The van der Waals surface area contributed by atoms with E-state index in [4.69, 9.17) is 23.2 Å². The van der Waals surface area contributed by atoms with Gasteiger partial charge in [-0.1, -0.05) is 61.2 Å². The zero-order valence-electron chi connectivity index (χ0n) is 16.6. The highest BCUT2D eigenvalue weighted by Gasteiger charge is 2.33. The van der Waals surface area contributed by atoms with E-state index in [9.17, 15) is 14.0 Å². The van der Waals surface area contributed by atoms with E-state index < -0.39 is 17.8 Å². The number of halogens is 3. The summed E-state index contributed by atoms with van der Waals surface area (Å²) in [6, 6.07) is 11.9. The van der Waals surface area contributed by atoms with E-state index in [1.54, 1.807) is 18.2 Å². The Kier molecular flexibility index (Phi) is 8.11. The van der Waals surface area contributed by atoms with E-state index in [0.29, 0.717) is 16.1 Å². The Hall–Kier alpha value is -2.11. The van der Waals surface area contributed by atoms with Crippen LogP contribution in [0.15, 0.2) is 48.5 Å². The van der Waals surface area contributed by atoms with Crippen molar-refractivity contribution in [2.24, 2.45) is 0 Å². The van der Waals surface area contributed by atoms with Crippen LogP contribution in [-0.4, -0.2) is 28.6 Å².